The molecule has 3 nitrogen and oxygen atoms in total. The van der Waals surface area contributed by atoms with Gasteiger partial charge in [-0.3, -0.25) is 0 Å². The first-order valence-corrected chi connectivity index (χ1v) is 4.69. The molecular weight excluding hydrogens is 190 g/mol. The first kappa shape index (κ1) is 9.65. The van der Waals surface area contributed by atoms with E-state index in [9.17, 15) is 4.79 Å². The molecule has 1 aromatic heterocycles. The van der Waals surface area contributed by atoms with Gasteiger partial charge in [0.25, 0.3) is 5.69 Å². The summed E-state index contributed by atoms with van der Waals surface area (Å²) in [5.74, 6) is -0.316. The van der Waals surface area contributed by atoms with Gasteiger partial charge in [-0.1, -0.05) is 18.2 Å². The molecular formula is C12H12NO2+. The van der Waals surface area contributed by atoms with Crippen molar-refractivity contribution in [2.24, 2.45) is 7.05 Å². The summed E-state index contributed by atoms with van der Waals surface area (Å²) in [5.41, 5.74) is 0.552. The molecule has 0 radical (unpaired) electrons. The smallest absolute Gasteiger partial charge is 0.403 e. The molecule has 1 heterocycles. The van der Waals surface area contributed by atoms with Gasteiger partial charge in [-0.25, -0.2) is 4.79 Å². The fraction of sp³-hybridized carbons (Fsp3) is 0.167. The summed E-state index contributed by atoms with van der Waals surface area (Å²) in [6.07, 6.45) is 1.92. The zero-order valence-corrected chi connectivity index (χ0v) is 8.73. The number of benzene rings is 1. The van der Waals surface area contributed by atoms with Gasteiger partial charge in [0.2, 0.25) is 0 Å². The Morgan fingerprint density at radius 1 is 1.27 bits per heavy atom. The molecule has 0 atom stereocenters. The van der Waals surface area contributed by atoms with Gasteiger partial charge in [-0.15, -0.1) is 0 Å². The van der Waals surface area contributed by atoms with Gasteiger partial charge in [0, 0.05) is 11.5 Å². The molecule has 1 aromatic carbocycles. The van der Waals surface area contributed by atoms with Crippen LogP contribution in [0.5, 0.6) is 0 Å². The third kappa shape index (κ3) is 1.68. The lowest BCUT2D eigenvalue weighted by Gasteiger charge is -2.00. The second kappa shape index (κ2) is 3.69. The van der Waals surface area contributed by atoms with Gasteiger partial charge < -0.3 is 4.74 Å². The Kier molecular flexibility index (Phi) is 2.37. The fourth-order valence-corrected chi connectivity index (χ4v) is 1.59. The number of nitrogens with zero attached hydrogens (tertiary/aromatic N) is 1. The number of aromatic nitrogens is 1. The summed E-state index contributed by atoms with van der Waals surface area (Å²) in [6.45, 7) is 0. The van der Waals surface area contributed by atoms with Crippen molar-refractivity contribution in [3.8, 4) is 0 Å². The monoisotopic (exact) mass is 202 g/mol. The van der Waals surface area contributed by atoms with Crippen LogP contribution in [-0.2, 0) is 11.8 Å². The van der Waals surface area contributed by atoms with Gasteiger partial charge in [0.15, 0.2) is 6.20 Å². The zero-order valence-electron chi connectivity index (χ0n) is 8.73. The maximum atomic E-state index is 11.4. The highest BCUT2D eigenvalue weighted by molar-refractivity contribution is 5.91. The molecule has 0 N–H and O–H groups in total. The summed E-state index contributed by atoms with van der Waals surface area (Å²) in [7, 11) is 3.22. The lowest BCUT2D eigenvalue weighted by atomic mass is 10.1. The summed E-state index contributed by atoms with van der Waals surface area (Å²) in [4.78, 5) is 11.4. The van der Waals surface area contributed by atoms with E-state index in [0.717, 1.165) is 10.8 Å². The average Bonchev–Trinajstić information content (AvgIpc) is 2.27. The van der Waals surface area contributed by atoms with Crippen LogP contribution in [0.15, 0.2) is 36.5 Å². The zero-order chi connectivity index (χ0) is 10.8. The topological polar surface area (TPSA) is 30.2 Å². The minimum Gasteiger partial charge on any atom is -0.461 e. The number of pyridine rings is 1. The average molecular weight is 202 g/mol. The second-order valence-electron chi connectivity index (χ2n) is 3.39. The standard InChI is InChI=1S/C12H12NO2/c1-13-8-10-6-4-3-5-9(10)7-11(13)12(14)15-2/h3-8H,1-2H3/q+1. The molecule has 0 aliphatic heterocycles. The molecule has 0 unspecified atom stereocenters. The lowest BCUT2D eigenvalue weighted by molar-refractivity contribution is -0.672. The van der Waals surface area contributed by atoms with Crippen LogP contribution in [0.25, 0.3) is 10.8 Å². The van der Waals surface area contributed by atoms with Crippen molar-refractivity contribution in [3.63, 3.8) is 0 Å². The Hall–Kier alpha value is -1.90. The third-order valence-electron chi connectivity index (χ3n) is 2.40. The number of carbonyl (C=O) groups excluding carboxylic acids is 1. The number of methoxy groups -OCH3 is 1. The Balaban J connectivity index is 2.67. The fourth-order valence-electron chi connectivity index (χ4n) is 1.59. The predicted molar refractivity (Wildman–Crippen MR) is 56.5 cm³/mol. The number of fused-ring (bicyclic) bond motifs is 1. The molecule has 0 fully saturated rings. The van der Waals surface area contributed by atoms with Crippen LogP contribution in [0.3, 0.4) is 0 Å². The maximum absolute atomic E-state index is 11.4. The largest absolute Gasteiger partial charge is 0.461 e. The minimum atomic E-state index is -0.316. The van der Waals surface area contributed by atoms with Gasteiger partial charge in [-0.2, -0.15) is 4.57 Å². The normalized spacial score (nSPS) is 10.3. The lowest BCUT2D eigenvalue weighted by Crippen LogP contribution is -2.36. The van der Waals surface area contributed by atoms with Crippen molar-refractivity contribution in [2.45, 2.75) is 0 Å². The number of esters is 1. The number of hydrogen-bond acceptors (Lipinski definition) is 2. The minimum absolute atomic E-state index is 0.316. The molecule has 0 saturated carbocycles. The van der Waals surface area contributed by atoms with E-state index in [0.29, 0.717) is 5.69 Å². The molecule has 15 heavy (non-hydrogen) atoms. The van der Waals surface area contributed by atoms with E-state index >= 15 is 0 Å². The first-order chi connectivity index (χ1) is 7.22. The van der Waals surface area contributed by atoms with Crippen LogP contribution in [0.2, 0.25) is 0 Å². The maximum Gasteiger partial charge on any atom is 0.403 e. The SMILES string of the molecule is COC(=O)c1cc2ccccc2c[n+]1C. The van der Waals surface area contributed by atoms with Crippen molar-refractivity contribution in [3.05, 3.63) is 42.2 Å². The molecule has 76 valence electrons. The van der Waals surface area contributed by atoms with E-state index in [2.05, 4.69) is 0 Å². The number of ether oxygens (including phenoxy) is 1. The van der Waals surface area contributed by atoms with Crippen LogP contribution < -0.4 is 4.57 Å². The van der Waals surface area contributed by atoms with E-state index in [-0.39, 0.29) is 5.97 Å². The number of rotatable bonds is 1. The molecule has 2 aromatic rings. The Morgan fingerprint density at radius 3 is 2.60 bits per heavy atom. The van der Waals surface area contributed by atoms with E-state index in [1.165, 1.54) is 7.11 Å². The molecule has 0 bridgehead atoms. The molecule has 0 spiro atoms. The van der Waals surface area contributed by atoms with Crippen LogP contribution in [0.4, 0.5) is 0 Å². The number of carbonyl (C=O) groups is 1. The summed E-state index contributed by atoms with van der Waals surface area (Å²) in [6, 6.07) is 9.74. The van der Waals surface area contributed by atoms with Crippen LogP contribution in [0, 0.1) is 0 Å². The molecule has 0 saturated heterocycles. The first-order valence-electron chi connectivity index (χ1n) is 4.69. The van der Waals surface area contributed by atoms with E-state index in [4.69, 9.17) is 4.74 Å². The highest BCUT2D eigenvalue weighted by Gasteiger charge is 2.17. The predicted octanol–water partition coefficient (Wildman–Crippen LogP) is 1.45. The van der Waals surface area contributed by atoms with Gasteiger partial charge in [0.1, 0.15) is 7.05 Å². The van der Waals surface area contributed by atoms with Crippen LogP contribution >= 0.6 is 0 Å². The van der Waals surface area contributed by atoms with Gasteiger partial charge in [0.05, 0.1) is 7.11 Å². The highest BCUT2D eigenvalue weighted by Crippen LogP contribution is 2.12. The van der Waals surface area contributed by atoms with Crippen LogP contribution in [-0.4, -0.2) is 13.1 Å². The van der Waals surface area contributed by atoms with Gasteiger partial charge in [-0.05, 0) is 11.5 Å². The van der Waals surface area contributed by atoms with E-state index < -0.39 is 0 Å². The summed E-state index contributed by atoms with van der Waals surface area (Å²) >= 11 is 0. The Labute approximate surface area is 87.9 Å². The highest BCUT2D eigenvalue weighted by atomic mass is 16.5. The van der Waals surface area contributed by atoms with E-state index in [1.807, 2.05) is 43.6 Å². The van der Waals surface area contributed by atoms with E-state index in [1.54, 1.807) is 4.57 Å². The third-order valence-corrected chi connectivity index (χ3v) is 2.40. The molecule has 0 aliphatic rings. The second-order valence-corrected chi connectivity index (χ2v) is 3.39. The van der Waals surface area contributed by atoms with Crippen molar-refractivity contribution in [1.82, 2.24) is 0 Å². The van der Waals surface area contributed by atoms with Gasteiger partial charge >= 0.3 is 5.97 Å². The summed E-state index contributed by atoms with van der Waals surface area (Å²) in [5, 5.41) is 2.14. The Morgan fingerprint density at radius 2 is 1.93 bits per heavy atom. The van der Waals surface area contributed by atoms with Crippen molar-refractivity contribution in [1.29, 1.82) is 0 Å². The Bertz CT molecular complexity index is 520. The van der Waals surface area contributed by atoms with Crippen LogP contribution in [0.1, 0.15) is 10.5 Å². The molecule has 2 rings (SSSR count). The summed E-state index contributed by atoms with van der Waals surface area (Å²) < 4.78 is 6.48. The molecule has 0 amide bonds. The quantitative estimate of drug-likeness (QED) is 0.517. The van der Waals surface area contributed by atoms with Crippen molar-refractivity contribution in [2.75, 3.05) is 7.11 Å². The number of aryl methyl sites for hydroxylation is 1. The van der Waals surface area contributed by atoms with Crippen molar-refractivity contribution < 1.29 is 14.1 Å². The molecule has 3 heteroatoms. The molecule has 0 aliphatic carbocycles. The van der Waals surface area contributed by atoms with Crippen molar-refractivity contribution >= 4 is 16.7 Å². The number of hydrogen-bond donors (Lipinski definition) is 0.